The number of methoxy groups -OCH3 is 1. The van der Waals surface area contributed by atoms with Crippen molar-refractivity contribution in [3.63, 3.8) is 0 Å². The second kappa shape index (κ2) is 10.8. The van der Waals surface area contributed by atoms with Crippen molar-refractivity contribution in [3.05, 3.63) is 58.9 Å². The summed E-state index contributed by atoms with van der Waals surface area (Å²) in [6.45, 7) is 5.26. The van der Waals surface area contributed by atoms with Gasteiger partial charge in [-0.25, -0.2) is 0 Å². The van der Waals surface area contributed by atoms with E-state index in [0.717, 1.165) is 11.8 Å². The second-order valence-corrected chi connectivity index (χ2v) is 8.80. The van der Waals surface area contributed by atoms with E-state index in [9.17, 15) is 14.4 Å². The maximum absolute atomic E-state index is 12.7. The Balaban J connectivity index is 1.72. The fraction of sp³-hybridized carbons (Fsp3) is 0.261. The number of hydrogen-bond acceptors (Lipinski definition) is 7. The van der Waals surface area contributed by atoms with Crippen LogP contribution < -0.4 is 20.9 Å². The molecule has 0 spiro atoms. The molecule has 172 valence electrons. The van der Waals surface area contributed by atoms with E-state index < -0.39 is 10.8 Å². The largest absolute Gasteiger partial charge is 0.497 e. The fourth-order valence-corrected chi connectivity index (χ4v) is 3.51. The lowest BCUT2D eigenvalue weighted by Crippen LogP contribution is -2.24. The van der Waals surface area contributed by atoms with E-state index in [1.807, 2.05) is 0 Å². The van der Waals surface area contributed by atoms with Gasteiger partial charge in [-0.05, 0) is 37.3 Å². The number of H-pyrrole nitrogens is 1. The summed E-state index contributed by atoms with van der Waals surface area (Å²) < 4.78 is 5.10. The zero-order chi connectivity index (χ0) is 24.0. The zero-order valence-electron chi connectivity index (χ0n) is 18.7. The number of benzene rings is 2. The van der Waals surface area contributed by atoms with Crippen LogP contribution in [0.4, 0.5) is 11.4 Å². The van der Waals surface area contributed by atoms with Crippen LogP contribution in [0.25, 0.3) is 11.3 Å². The highest BCUT2D eigenvalue weighted by Crippen LogP contribution is 2.25. The Hall–Kier alpha value is -3.66. The minimum atomic E-state index is -0.541. The summed E-state index contributed by atoms with van der Waals surface area (Å²) in [5, 5.41) is 13.4. The third-order valence-electron chi connectivity index (χ3n) is 4.66. The molecule has 0 aliphatic rings. The molecule has 0 fully saturated rings. The maximum atomic E-state index is 12.7. The highest BCUT2D eigenvalue weighted by atomic mass is 32.2. The van der Waals surface area contributed by atoms with Crippen molar-refractivity contribution in [2.75, 3.05) is 17.7 Å². The van der Waals surface area contributed by atoms with E-state index in [1.165, 1.54) is 0 Å². The van der Waals surface area contributed by atoms with E-state index in [1.54, 1.807) is 76.4 Å². The highest BCUT2D eigenvalue weighted by Gasteiger charge is 2.19. The van der Waals surface area contributed by atoms with Gasteiger partial charge in [0.05, 0.1) is 18.0 Å². The van der Waals surface area contributed by atoms with E-state index in [0.29, 0.717) is 22.7 Å². The van der Waals surface area contributed by atoms with Crippen LogP contribution in [0.2, 0.25) is 0 Å². The molecule has 0 aliphatic carbocycles. The first-order chi connectivity index (χ1) is 15.8. The third kappa shape index (κ3) is 6.19. The van der Waals surface area contributed by atoms with Gasteiger partial charge in [0, 0.05) is 17.2 Å². The lowest BCUT2D eigenvalue weighted by atomic mass is 10.1. The number of nitrogens with one attached hydrogen (secondary N) is 3. The van der Waals surface area contributed by atoms with Crippen LogP contribution in [0.15, 0.2) is 58.5 Å². The highest BCUT2D eigenvalue weighted by molar-refractivity contribution is 8.00. The Morgan fingerprint density at radius 3 is 2.30 bits per heavy atom. The van der Waals surface area contributed by atoms with Crippen LogP contribution in [-0.4, -0.2) is 39.4 Å². The number of carbonyl (C=O) groups is 2. The lowest BCUT2D eigenvalue weighted by Gasteiger charge is -2.13. The first-order valence-corrected chi connectivity index (χ1v) is 11.1. The van der Waals surface area contributed by atoms with Crippen molar-refractivity contribution >= 4 is 35.0 Å². The number of hydrogen-bond donors (Lipinski definition) is 3. The van der Waals surface area contributed by atoms with Gasteiger partial charge in [-0.3, -0.25) is 19.4 Å². The summed E-state index contributed by atoms with van der Waals surface area (Å²) >= 11 is 1.08. The average molecular weight is 468 g/mol. The number of anilines is 2. The normalized spacial score (nSPS) is 11.7. The predicted molar refractivity (Wildman–Crippen MR) is 128 cm³/mol. The maximum Gasteiger partial charge on any atom is 0.278 e. The van der Waals surface area contributed by atoms with Gasteiger partial charge in [-0.1, -0.05) is 43.8 Å². The number of amides is 2. The van der Waals surface area contributed by atoms with Gasteiger partial charge in [-0.2, -0.15) is 0 Å². The van der Waals surface area contributed by atoms with Crippen LogP contribution in [0, 0.1) is 5.92 Å². The summed E-state index contributed by atoms with van der Waals surface area (Å²) in [6, 6.07) is 13.9. The average Bonchev–Trinajstić information content (AvgIpc) is 2.80. The third-order valence-corrected chi connectivity index (χ3v) is 5.63. The Morgan fingerprint density at radius 2 is 1.67 bits per heavy atom. The quantitative estimate of drug-likeness (QED) is 0.433. The molecule has 1 aromatic heterocycles. The Bertz CT molecular complexity index is 1190. The number of para-hydroxylation sites is 1. The number of ether oxygens (including phenoxy) is 1. The van der Waals surface area contributed by atoms with Crippen LogP contribution in [0.3, 0.4) is 0 Å². The topological polar surface area (TPSA) is 126 Å². The smallest absolute Gasteiger partial charge is 0.278 e. The van der Waals surface area contributed by atoms with Gasteiger partial charge >= 0.3 is 0 Å². The van der Waals surface area contributed by atoms with Crippen molar-refractivity contribution < 1.29 is 14.3 Å². The molecule has 33 heavy (non-hydrogen) atoms. The molecule has 3 aromatic rings. The van der Waals surface area contributed by atoms with Gasteiger partial charge < -0.3 is 15.4 Å². The predicted octanol–water partition coefficient (Wildman–Crippen LogP) is 3.55. The molecule has 2 amide bonds. The number of carbonyl (C=O) groups excluding carboxylic acids is 2. The van der Waals surface area contributed by atoms with Crippen molar-refractivity contribution in [1.29, 1.82) is 0 Å². The summed E-state index contributed by atoms with van der Waals surface area (Å²) in [5.74, 6) is 0.0507. The standard InChI is InChI=1S/C23H25N5O4S/c1-13(2)20(29)25-18-8-6-5-7-17(18)19-22(31)26-23(28-27-19)33-14(3)21(30)24-15-9-11-16(32-4)12-10-15/h5-14H,1-4H3,(H,24,30)(H,25,29)(H,26,28,31)/t14-/m1/s1. The van der Waals surface area contributed by atoms with Crippen molar-refractivity contribution in [2.24, 2.45) is 5.92 Å². The molecule has 2 aromatic carbocycles. The molecule has 0 radical (unpaired) electrons. The summed E-state index contributed by atoms with van der Waals surface area (Å²) in [7, 11) is 1.57. The molecule has 1 heterocycles. The fourth-order valence-electron chi connectivity index (χ4n) is 2.77. The molecule has 0 unspecified atom stereocenters. The number of aromatic amines is 1. The van der Waals surface area contributed by atoms with Crippen LogP contribution in [0.5, 0.6) is 5.75 Å². The van der Waals surface area contributed by atoms with Crippen LogP contribution >= 0.6 is 11.8 Å². The Morgan fingerprint density at radius 1 is 0.970 bits per heavy atom. The van der Waals surface area contributed by atoms with Gasteiger partial charge in [0.2, 0.25) is 11.8 Å². The summed E-state index contributed by atoms with van der Waals surface area (Å²) in [5.41, 5.74) is 1.17. The molecule has 3 N–H and O–H groups in total. The van der Waals surface area contributed by atoms with Crippen molar-refractivity contribution in [1.82, 2.24) is 15.2 Å². The van der Waals surface area contributed by atoms with Gasteiger partial charge in [0.25, 0.3) is 5.56 Å². The van der Waals surface area contributed by atoms with Crippen molar-refractivity contribution in [3.8, 4) is 17.0 Å². The summed E-state index contributed by atoms with van der Waals surface area (Å²) in [6.07, 6.45) is 0. The van der Waals surface area contributed by atoms with Crippen LogP contribution in [0.1, 0.15) is 20.8 Å². The minimum Gasteiger partial charge on any atom is -0.497 e. The zero-order valence-corrected chi connectivity index (χ0v) is 19.5. The Labute approximate surface area is 195 Å². The number of aromatic nitrogens is 3. The molecule has 10 heteroatoms. The number of thioether (sulfide) groups is 1. The molecule has 0 saturated carbocycles. The monoisotopic (exact) mass is 467 g/mol. The summed E-state index contributed by atoms with van der Waals surface area (Å²) in [4.78, 5) is 40.0. The molecule has 3 rings (SSSR count). The minimum absolute atomic E-state index is 0.0781. The lowest BCUT2D eigenvalue weighted by molar-refractivity contribution is -0.119. The van der Waals surface area contributed by atoms with E-state index in [4.69, 9.17) is 4.74 Å². The number of rotatable bonds is 8. The first kappa shape index (κ1) is 24.0. The Kier molecular flexibility index (Phi) is 7.83. The molecule has 0 bridgehead atoms. The molecule has 1 atom stereocenters. The molecule has 9 nitrogen and oxygen atoms in total. The van der Waals surface area contributed by atoms with Crippen molar-refractivity contribution in [2.45, 2.75) is 31.2 Å². The van der Waals surface area contributed by atoms with E-state index in [-0.39, 0.29) is 28.6 Å². The molecular weight excluding hydrogens is 442 g/mol. The SMILES string of the molecule is COc1ccc(NC(=O)[C@@H](C)Sc2nnc(-c3ccccc3NC(=O)C(C)C)c(=O)[nH]2)cc1. The van der Waals surface area contributed by atoms with Gasteiger partial charge in [-0.15, -0.1) is 10.2 Å². The second-order valence-electron chi connectivity index (χ2n) is 7.48. The number of nitrogens with zero attached hydrogens (tertiary/aromatic N) is 2. The van der Waals surface area contributed by atoms with Gasteiger partial charge in [0.15, 0.2) is 10.9 Å². The first-order valence-electron chi connectivity index (χ1n) is 10.3. The molecule has 0 saturated heterocycles. The van der Waals surface area contributed by atoms with E-state index >= 15 is 0 Å². The molecular formula is C23H25N5O4S. The van der Waals surface area contributed by atoms with E-state index in [2.05, 4.69) is 25.8 Å². The van der Waals surface area contributed by atoms with Crippen LogP contribution in [-0.2, 0) is 9.59 Å². The molecule has 0 aliphatic heterocycles. The van der Waals surface area contributed by atoms with Gasteiger partial charge in [0.1, 0.15) is 5.75 Å².